The number of piperidine rings is 1. The third kappa shape index (κ3) is 9.17. The van der Waals surface area contributed by atoms with Gasteiger partial charge < -0.3 is 15.5 Å². The van der Waals surface area contributed by atoms with Crippen LogP contribution >= 0.6 is 24.0 Å². The highest BCUT2D eigenvalue weighted by atomic mass is 127. The van der Waals surface area contributed by atoms with Crippen LogP contribution in [0.3, 0.4) is 0 Å². The Bertz CT molecular complexity index is 798. The predicted octanol–water partition coefficient (Wildman–Crippen LogP) is 4.22. The first-order valence-corrected chi connectivity index (χ1v) is 11.1. The van der Waals surface area contributed by atoms with Crippen molar-refractivity contribution in [3.8, 4) is 0 Å². The summed E-state index contributed by atoms with van der Waals surface area (Å²) in [5.41, 5.74) is 5.26. The molecule has 5 nitrogen and oxygen atoms in total. The van der Waals surface area contributed by atoms with Gasteiger partial charge in [-0.05, 0) is 62.3 Å². The van der Waals surface area contributed by atoms with Crippen molar-refractivity contribution >= 4 is 29.9 Å². The van der Waals surface area contributed by atoms with Gasteiger partial charge in [-0.2, -0.15) is 0 Å². The molecule has 2 aromatic rings. The van der Waals surface area contributed by atoms with Crippen molar-refractivity contribution < 1.29 is 0 Å². The first-order valence-electron chi connectivity index (χ1n) is 11.1. The Morgan fingerprint density at radius 2 is 1.48 bits per heavy atom. The summed E-state index contributed by atoms with van der Waals surface area (Å²) >= 11 is 0. The van der Waals surface area contributed by atoms with Crippen molar-refractivity contribution in [2.75, 3.05) is 34.2 Å². The third-order valence-electron chi connectivity index (χ3n) is 5.51. The molecule has 1 aliphatic rings. The van der Waals surface area contributed by atoms with Gasteiger partial charge in [0.05, 0.1) is 0 Å². The molecule has 6 heteroatoms. The summed E-state index contributed by atoms with van der Waals surface area (Å²) in [5.74, 6) is 0.824. The molecule has 0 atom stereocenters. The predicted molar refractivity (Wildman–Crippen MR) is 142 cm³/mol. The quantitative estimate of drug-likeness (QED) is 0.302. The molecule has 170 valence electrons. The Hall–Kier alpha value is -1.64. The van der Waals surface area contributed by atoms with E-state index in [9.17, 15) is 0 Å². The largest absolute Gasteiger partial charge is 0.352 e. The van der Waals surface area contributed by atoms with Crippen LogP contribution in [0.2, 0.25) is 0 Å². The Morgan fingerprint density at radius 3 is 2.13 bits per heavy atom. The standard InChI is InChI=1S/C25H37N5.HI/c1-26-25(28-18-23-8-7-9-24(16-23)19-29(2)3)27-17-21-10-12-22(13-11-21)20-30-14-5-4-6-15-30;/h7-13,16H,4-6,14-15,17-20H2,1-3H3,(H2,26,27,28);1H. The smallest absolute Gasteiger partial charge is 0.191 e. The summed E-state index contributed by atoms with van der Waals surface area (Å²) in [6.45, 7) is 6.03. The topological polar surface area (TPSA) is 42.9 Å². The molecular formula is C25H38IN5. The second-order valence-corrected chi connectivity index (χ2v) is 8.49. The van der Waals surface area contributed by atoms with Gasteiger partial charge in [0.15, 0.2) is 5.96 Å². The van der Waals surface area contributed by atoms with Crippen molar-refractivity contribution in [2.24, 2.45) is 4.99 Å². The maximum atomic E-state index is 4.36. The number of hydrogen-bond donors (Lipinski definition) is 2. The molecule has 0 aliphatic carbocycles. The molecule has 0 bridgehead atoms. The van der Waals surface area contributed by atoms with E-state index < -0.39 is 0 Å². The van der Waals surface area contributed by atoms with Crippen LogP contribution in [0.4, 0.5) is 0 Å². The van der Waals surface area contributed by atoms with Crippen LogP contribution in [0.25, 0.3) is 0 Å². The second kappa shape index (κ2) is 13.7. The summed E-state index contributed by atoms with van der Waals surface area (Å²) in [6, 6.07) is 17.7. The summed E-state index contributed by atoms with van der Waals surface area (Å²) in [5, 5.41) is 6.84. The molecule has 1 saturated heterocycles. The van der Waals surface area contributed by atoms with Gasteiger partial charge in [-0.15, -0.1) is 24.0 Å². The van der Waals surface area contributed by atoms with Gasteiger partial charge in [0.2, 0.25) is 0 Å². The van der Waals surface area contributed by atoms with E-state index in [4.69, 9.17) is 0 Å². The lowest BCUT2D eigenvalue weighted by atomic mass is 10.1. The Labute approximate surface area is 205 Å². The number of nitrogens with one attached hydrogen (secondary N) is 2. The highest BCUT2D eigenvalue weighted by Gasteiger charge is 2.10. The van der Waals surface area contributed by atoms with E-state index in [-0.39, 0.29) is 24.0 Å². The summed E-state index contributed by atoms with van der Waals surface area (Å²) < 4.78 is 0. The fraction of sp³-hybridized carbons (Fsp3) is 0.480. The lowest BCUT2D eigenvalue weighted by Gasteiger charge is -2.26. The zero-order chi connectivity index (χ0) is 21.2. The van der Waals surface area contributed by atoms with E-state index in [2.05, 4.69) is 88.1 Å². The van der Waals surface area contributed by atoms with E-state index in [1.54, 1.807) is 0 Å². The molecule has 0 saturated carbocycles. The highest BCUT2D eigenvalue weighted by Crippen LogP contribution is 2.13. The molecular weight excluding hydrogens is 497 g/mol. The SMILES string of the molecule is CN=C(NCc1ccc(CN2CCCCC2)cc1)NCc1cccc(CN(C)C)c1.I. The number of likely N-dealkylation sites (tertiary alicyclic amines) is 1. The molecule has 1 aliphatic heterocycles. The van der Waals surface area contributed by atoms with Crippen LogP contribution < -0.4 is 10.6 Å². The number of rotatable bonds is 8. The number of guanidine groups is 1. The molecule has 0 amide bonds. The Kier molecular flexibility index (Phi) is 11.3. The van der Waals surface area contributed by atoms with Gasteiger partial charge in [-0.3, -0.25) is 9.89 Å². The maximum Gasteiger partial charge on any atom is 0.191 e. The Balaban J connectivity index is 0.00000341. The summed E-state index contributed by atoms with van der Waals surface area (Å²) in [6.07, 6.45) is 4.07. The lowest BCUT2D eigenvalue weighted by molar-refractivity contribution is 0.221. The van der Waals surface area contributed by atoms with E-state index in [0.717, 1.165) is 32.1 Å². The first kappa shape index (κ1) is 25.6. The molecule has 2 N–H and O–H groups in total. The minimum atomic E-state index is 0. The molecule has 31 heavy (non-hydrogen) atoms. The molecule has 1 fully saturated rings. The van der Waals surface area contributed by atoms with Gasteiger partial charge in [-0.1, -0.05) is 55.0 Å². The molecule has 3 rings (SSSR count). The summed E-state index contributed by atoms with van der Waals surface area (Å²) in [4.78, 5) is 9.11. The average molecular weight is 536 g/mol. The third-order valence-corrected chi connectivity index (χ3v) is 5.51. The van der Waals surface area contributed by atoms with Crippen LogP contribution in [-0.4, -0.2) is 50.0 Å². The van der Waals surface area contributed by atoms with Gasteiger partial charge in [0.25, 0.3) is 0 Å². The zero-order valence-electron chi connectivity index (χ0n) is 19.2. The molecule has 0 radical (unpaired) electrons. The minimum absolute atomic E-state index is 0. The van der Waals surface area contributed by atoms with Gasteiger partial charge >= 0.3 is 0 Å². The van der Waals surface area contributed by atoms with Crippen molar-refractivity contribution in [3.05, 3.63) is 70.8 Å². The molecule has 2 aromatic carbocycles. The number of hydrogen-bond acceptors (Lipinski definition) is 3. The second-order valence-electron chi connectivity index (χ2n) is 8.49. The monoisotopic (exact) mass is 535 g/mol. The van der Waals surface area contributed by atoms with Crippen LogP contribution in [0.15, 0.2) is 53.5 Å². The fourth-order valence-electron chi connectivity index (χ4n) is 3.93. The molecule has 1 heterocycles. The van der Waals surface area contributed by atoms with Crippen LogP contribution in [-0.2, 0) is 26.2 Å². The minimum Gasteiger partial charge on any atom is -0.352 e. The number of nitrogens with zero attached hydrogens (tertiary/aromatic N) is 3. The lowest BCUT2D eigenvalue weighted by Crippen LogP contribution is -2.36. The molecule has 0 unspecified atom stereocenters. The van der Waals surface area contributed by atoms with E-state index in [1.807, 2.05) is 7.05 Å². The van der Waals surface area contributed by atoms with Crippen molar-refractivity contribution in [1.82, 2.24) is 20.4 Å². The first-order chi connectivity index (χ1) is 14.6. The Morgan fingerprint density at radius 1 is 0.871 bits per heavy atom. The van der Waals surface area contributed by atoms with E-state index >= 15 is 0 Å². The van der Waals surface area contributed by atoms with Crippen molar-refractivity contribution in [3.63, 3.8) is 0 Å². The average Bonchev–Trinajstić information content (AvgIpc) is 2.75. The van der Waals surface area contributed by atoms with Crippen LogP contribution in [0.1, 0.15) is 41.5 Å². The van der Waals surface area contributed by atoms with Gasteiger partial charge in [0.1, 0.15) is 0 Å². The van der Waals surface area contributed by atoms with Crippen molar-refractivity contribution in [2.45, 2.75) is 45.4 Å². The van der Waals surface area contributed by atoms with Crippen LogP contribution in [0, 0.1) is 0 Å². The fourth-order valence-corrected chi connectivity index (χ4v) is 3.93. The number of aliphatic imine (C=N–C) groups is 1. The maximum absolute atomic E-state index is 4.36. The highest BCUT2D eigenvalue weighted by molar-refractivity contribution is 14.0. The van der Waals surface area contributed by atoms with E-state index in [1.165, 1.54) is 54.6 Å². The van der Waals surface area contributed by atoms with Crippen molar-refractivity contribution in [1.29, 1.82) is 0 Å². The zero-order valence-corrected chi connectivity index (χ0v) is 21.6. The number of benzene rings is 2. The van der Waals surface area contributed by atoms with Gasteiger partial charge in [0, 0.05) is 33.2 Å². The molecule has 0 aromatic heterocycles. The van der Waals surface area contributed by atoms with Gasteiger partial charge in [-0.25, -0.2) is 0 Å². The molecule has 0 spiro atoms. The number of halogens is 1. The normalized spacial score (nSPS) is 14.9. The summed E-state index contributed by atoms with van der Waals surface area (Å²) in [7, 11) is 6.01. The van der Waals surface area contributed by atoms with Crippen LogP contribution in [0.5, 0.6) is 0 Å². The van der Waals surface area contributed by atoms with E-state index in [0.29, 0.717) is 0 Å².